The van der Waals surface area contributed by atoms with Crippen molar-refractivity contribution in [1.82, 2.24) is 14.6 Å². The monoisotopic (exact) mass is 330 g/mol. The number of benzene rings is 1. The van der Waals surface area contributed by atoms with Gasteiger partial charge in [-0.15, -0.1) is 5.10 Å². The van der Waals surface area contributed by atoms with Crippen LogP contribution in [0.2, 0.25) is 0 Å². The van der Waals surface area contributed by atoms with Crippen LogP contribution < -0.4 is 10.5 Å². The minimum atomic E-state index is -3.38. The van der Waals surface area contributed by atoms with Gasteiger partial charge in [0, 0.05) is 17.4 Å². The molecule has 8 nitrogen and oxygen atoms in total. The lowest BCUT2D eigenvalue weighted by atomic mass is 10.0. The predicted octanol–water partition coefficient (Wildman–Crippen LogP) is 0.667. The SMILES string of the molecule is CS(=O)(=O)Nc1cccc(-c2cc(C(N)=O)c3n[c]nn3c2)c1. The van der Waals surface area contributed by atoms with Crippen molar-refractivity contribution in [3.05, 3.63) is 48.4 Å². The topological polar surface area (TPSA) is 119 Å². The van der Waals surface area contributed by atoms with Crippen LogP contribution in [0.15, 0.2) is 36.5 Å². The number of primary amides is 1. The van der Waals surface area contributed by atoms with E-state index >= 15 is 0 Å². The fourth-order valence-electron chi connectivity index (χ4n) is 2.19. The van der Waals surface area contributed by atoms with E-state index in [1.807, 2.05) is 0 Å². The number of carbonyl (C=O) groups is 1. The van der Waals surface area contributed by atoms with Gasteiger partial charge in [0.2, 0.25) is 16.4 Å². The Morgan fingerprint density at radius 2 is 2.09 bits per heavy atom. The lowest BCUT2D eigenvalue weighted by Gasteiger charge is -2.08. The summed E-state index contributed by atoms with van der Waals surface area (Å²) >= 11 is 0. The maximum absolute atomic E-state index is 11.6. The van der Waals surface area contributed by atoms with Crippen molar-refractivity contribution in [2.45, 2.75) is 0 Å². The van der Waals surface area contributed by atoms with Gasteiger partial charge in [0.1, 0.15) is 0 Å². The molecule has 1 radical (unpaired) electrons. The second kappa shape index (κ2) is 5.36. The number of amides is 1. The molecule has 0 spiro atoms. The average molecular weight is 330 g/mol. The van der Waals surface area contributed by atoms with Crippen LogP contribution >= 0.6 is 0 Å². The summed E-state index contributed by atoms with van der Waals surface area (Å²) in [7, 11) is -3.38. The van der Waals surface area contributed by atoms with Gasteiger partial charge in [-0.1, -0.05) is 12.1 Å². The fourth-order valence-corrected chi connectivity index (χ4v) is 2.75. The molecule has 2 heterocycles. The number of aromatic nitrogens is 3. The summed E-state index contributed by atoms with van der Waals surface area (Å²) in [6, 6.07) is 8.33. The van der Waals surface area contributed by atoms with Gasteiger partial charge < -0.3 is 5.73 Å². The molecule has 3 rings (SSSR count). The number of rotatable bonds is 4. The van der Waals surface area contributed by atoms with Crippen molar-refractivity contribution >= 4 is 27.3 Å². The third kappa shape index (κ3) is 3.14. The number of pyridine rings is 1. The normalized spacial score (nSPS) is 11.5. The van der Waals surface area contributed by atoms with E-state index in [1.165, 1.54) is 4.52 Å². The molecule has 0 aliphatic rings. The summed E-state index contributed by atoms with van der Waals surface area (Å²) in [5.41, 5.74) is 7.64. The Balaban J connectivity index is 2.13. The summed E-state index contributed by atoms with van der Waals surface area (Å²) in [6.07, 6.45) is 5.15. The standard InChI is InChI=1S/C14H12N5O3S/c1-23(21,22)18-11-4-2-3-9(5-11)10-6-12(13(15)20)14-16-8-17-19(14)7-10/h2-7,18H,1H3,(H2,15,20). The van der Waals surface area contributed by atoms with Crippen LogP contribution in [-0.2, 0) is 10.0 Å². The van der Waals surface area contributed by atoms with Crippen molar-refractivity contribution in [3.8, 4) is 11.1 Å². The van der Waals surface area contributed by atoms with Gasteiger partial charge in [0.25, 0.3) is 5.91 Å². The zero-order valence-corrected chi connectivity index (χ0v) is 12.8. The summed E-state index contributed by atoms with van der Waals surface area (Å²) < 4.78 is 26.5. The van der Waals surface area contributed by atoms with Crippen LogP contribution in [0.3, 0.4) is 0 Å². The number of hydrogen-bond acceptors (Lipinski definition) is 5. The molecule has 0 aliphatic heterocycles. The Bertz CT molecular complexity index is 1010. The first-order chi connectivity index (χ1) is 10.8. The molecule has 0 fully saturated rings. The minimum Gasteiger partial charge on any atom is -0.365 e. The minimum absolute atomic E-state index is 0.206. The Hall–Kier alpha value is -2.94. The van der Waals surface area contributed by atoms with Crippen molar-refractivity contribution in [2.75, 3.05) is 11.0 Å². The molecule has 0 atom stereocenters. The van der Waals surface area contributed by atoms with Crippen molar-refractivity contribution < 1.29 is 13.2 Å². The second-order valence-electron chi connectivity index (χ2n) is 4.94. The number of carbonyl (C=O) groups excluding carboxylic acids is 1. The van der Waals surface area contributed by atoms with E-state index in [1.54, 1.807) is 36.5 Å². The quantitative estimate of drug-likeness (QED) is 0.728. The first-order valence-corrected chi connectivity index (χ1v) is 8.37. The number of anilines is 1. The summed E-state index contributed by atoms with van der Waals surface area (Å²) in [5, 5.41) is 3.89. The summed E-state index contributed by atoms with van der Waals surface area (Å²) in [5.74, 6) is -0.635. The fraction of sp³-hybridized carbons (Fsp3) is 0.0714. The van der Waals surface area contributed by atoms with Crippen molar-refractivity contribution in [2.24, 2.45) is 5.73 Å². The maximum atomic E-state index is 11.6. The molecular weight excluding hydrogens is 318 g/mol. The molecule has 0 unspecified atom stereocenters. The molecule has 3 aromatic rings. The second-order valence-corrected chi connectivity index (χ2v) is 6.69. The number of nitrogens with zero attached hydrogens (tertiary/aromatic N) is 3. The van der Waals surface area contributed by atoms with E-state index in [0.29, 0.717) is 22.5 Å². The van der Waals surface area contributed by atoms with Crippen LogP contribution in [0.5, 0.6) is 0 Å². The highest BCUT2D eigenvalue weighted by atomic mass is 32.2. The molecule has 1 aromatic carbocycles. The number of nitrogens with two attached hydrogens (primary N) is 1. The van der Waals surface area contributed by atoms with E-state index in [9.17, 15) is 13.2 Å². The van der Waals surface area contributed by atoms with E-state index in [4.69, 9.17) is 5.73 Å². The lowest BCUT2D eigenvalue weighted by Crippen LogP contribution is -2.13. The lowest BCUT2D eigenvalue weighted by molar-refractivity contribution is 0.100. The number of nitrogens with one attached hydrogen (secondary N) is 1. The highest BCUT2D eigenvalue weighted by Gasteiger charge is 2.13. The van der Waals surface area contributed by atoms with E-state index < -0.39 is 15.9 Å². The Morgan fingerprint density at radius 1 is 1.30 bits per heavy atom. The zero-order chi connectivity index (χ0) is 16.6. The number of sulfonamides is 1. The van der Waals surface area contributed by atoms with Crippen molar-refractivity contribution in [1.29, 1.82) is 0 Å². The smallest absolute Gasteiger partial charge is 0.252 e. The molecule has 0 bridgehead atoms. The van der Waals surface area contributed by atoms with E-state index in [2.05, 4.69) is 21.1 Å². The molecule has 2 aromatic heterocycles. The first-order valence-electron chi connectivity index (χ1n) is 6.48. The highest BCUT2D eigenvalue weighted by Crippen LogP contribution is 2.25. The third-order valence-corrected chi connectivity index (χ3v) is 3.70. The molecular formula is C14H12N5O3S. The summed E-state index contributed by atoms with van der Waals surface area (Å²) in [6.45, 7) is 0. The molecule has 0 aliphatic carbocycles. The molecule has 0 saturated carbocycles. The van der Waals surface area contributed by atoms with Crippen LogP contribution in [0.4, 0.5) is 5.69 Å². The summed E-state index contributed by atoms with van der Waals surface area (Å²) in [4.78, 5) is 15.5. The Morgan fingerprint density at radius 3 is 2.78 bits per heavy atom. The molecule has 0 saturated heterocycles. The molecule has 23 heavy (non-hydrogen) atoms. The van der Waals surface area contributed by atoms with Gasteiger partial charge in [0.15, 0.2) is 5.65 Å². The largest absolute Gasteiger partial charge is 0.365 e. The average Bonchev–Trinajstić information content (AvgIpc) is 2.92. The van der Waals surface area contributed by atoms with Gasteiger partial charge in [-0.3, -0.25) is 9.52 Å². The van der Waals surface area contributed by atoms with Crippen LogP contribution in [0.25, 0.3) is 16.8 Å². The maximum Gasteiger partial charge on any atom is 0.252 e. The number of fused-ring (bicyclic) bond motifs is 1. The van der Waals surface area contributed by atoms with Gasteiger partial charge in [0.05, 0.1) is 11.8 Å². The van der Waals surface area contributed by atoms with E-state index in [0.717, 1.165) is 6.26 Å². The van der Waals surface area contributed by atoms with E-state index in [-0.39, 0.29) is 5.56 Å². The van der Waals surface area contributed by atoms with Crippen molar-refractivity contribution in [3.63, 3.8) is 0 Å². The molecule has 9 heteroatoms. The Labute approximate surface area is 132 Å². The van der Waals surface area contributed by atoms with Crippen LogP contribution in [-0.4, -0.2) is 35.2 Å². The van der Waals surface area contributed by atoms with Gasteiger partial charge in [-0.2, -0.15) is 0 Å². The molecule has 1 amide bonds. The third-order valence-electron chi connectivity index (χ3n) is 3.09. The molecule has 3 N–H and O–H groups in total. The highest BCUT2D eigenvalue weighted by molar-refractivity contribution is 7.92. The van der Waals surface area contributed by atoms with Gasteiger partial charge in [-0.05, 0) is 23.8 Å². The van der Waals surface area contributed by atoms with Crippen LogP contribution in [0.1, 0.15) is 10.4 Å². The Kier molecular flexibility index (Phi) is 3.49. The predicted molar refractivity (Wildman–Crippen MR) is 84.2 cm³/mol. The first kappa shape index (κ1) is 15.0. The molecule has 117 valence electrons. The van der Waals surface area contributed by atoms with Gasteiger partial charge >= 0.3 is 0 Å². The zero-order valence-electron chi connectivity index (χ0n) is 12.0. The van der Waals surface area contributed by atoms with Gasteiger partial charge in [-0.25, -0.2) is 17.9 Å². The number of hydrogen-bond donors (Lipinski definition) is 2. The van der Waals surface area contributed by atoms with Crippen LogP contribution in [0, 0.1) is 6.33 Å².